The van der Waals surface area contributed by atoms with Crippen LogP contribution in [-0.2, 0) is 0 Å². The Balaban J connectivity index is 1.81. The topological polar surface area (TPSA) is 55.6 Å². The summed E-state index contributed by atoms with van der Waals surface area (Å²) in [5.41, 5.74) is 3.64. The number of benzene rings is 2. The number of halogens is 2. The van der Waals surface area contributed by atoms with Gasteiger partial charge < -0.3 is 10.1 Å². The standard InChI is InChI=1S/C22H17Cl2N3O2/c1-13-9-10-27-19(11-13)25-20(14-3-6-16(29-2)7-4-14)21(27)26-22(28)17-8-5-15(23)12-18(17)24/h3-12H,1-2H3,(H,26,28). The minimum absolute atomic E-state index is 0.283. The fourth-order valence-electron chi connectivity index (χ4n) is 3.06. The van der Waals surface area contributed by atoms with Crippen LogP contribution >= 0.6 is 23.2 Å². The molecule has 146 valence electrons. The number of amides is 1. The first-order valence-electron chi connectivity index (χ1n) is 8.86. The molecule has 1 N–H and O–H groups in total. The molecule has 7 heteroatoms. The summed E-state index contributed by atoms with van der Waals surface area (Å²) in [5.74, 6) is 0.955. The van der Waals surface area contributed by atoms with Gasteiger partial charge in [-0.1, -0.05) is 23.2 Å². The van der Waals surface area contributed by atoms with Crippen molar-refractivity contribution in [3.05, 3.63) is 82.0 Å². The molecule has 0 atom stereocenters. The van der Waals surface area contributed by atoms with Crippen molar-refractivity contribution < 1.29 is 9.53 Å². The number of fused-ring (bicyclic) bond motifs is 1. The van der Waals surface area contributed by atoms with Gasteiger partial charge in [-0.25, -0.2) is 4.98 Å². The lowest BCUT2D eigenvalue weighted by atomic mass is 10.1. The Hall–Kier alpha value is -3.02. The molecule has 1 amide bonds. The van der Waals surface area contributed by atoms with Gasteiger partial charge >= 0.3 is 0 Å². The minimum Gasteiger partial charge on any atom is -0.497 e. The second kappa shape index (κ2) is 7.78. The van der Waals surface area contributed by atoms with Crippen LogP contribution in [0.3, 0.4) is 0 Å². The van der Waals surface area contributed by atoms with Gasteiger partial charge in [-0.2, -0.15) is 0 Å². The van der Waals surface area contributed by atoms with Crippen molar-refractivity contribution in [2.24, 2.45) is 0 Å². The van der Waals surface area contributed by atoms with E-state index in [9.17, 15) is 4.79 Å². The smallest absolute Gasteiger partial charge is 0.258 e. The first-order valence-corrected chi connectivity index (χ1v) is 9.61. The van der Waals surface area contributed by atoms with Crippen LogP contribution < -0.4 is 10.1 Å². The molecule has 2 aromatic heterocycles. The van der Waals surface area contributed by atoms with Gasteiger partial charge in [0.15, 0.2) is 0 Å². The SMILES string of the molecule is COc1ccc(-c2nc3cc(C)ccn3c2NC(=O)c2ccc(Cl)cc2Cl)cc1. The van der Waals surface area contributed by atoms with Crippen LogP contribution in [-0.4, -0.2) is 22.4 Å². The Labute approximate surface area is 177 Å². The number of hydrogen-bond donors (Lipinski definition) is 1. The van der Waals surface area contributed by atoms with Crippen molar-refractivity contribution in [3.8, 4) is 17.0 Å². The lowest BCUT2D eigenvalue weighted by Crippen LogP contribution is -2.14. The molecule has 0 aliphatic carbocycles. The summed E-state index contributed by atoms with van der Waals surface area (Å²) in [6, 6.07) is 16.2. The largest absolute Gasteiger partial charge is 0.497 e. The highest BCUT2D eigenvalue weighted by Gasteiger charge is 2.19. The summed E-state index contributed by atoms with van der Waals surface area (Å²) in [6.07, 6.45) is 1.88. The Morgan fingerprint density at radius 3 is 2.52 bits per heavy atom. The first kappa shape index (κ1) is 19.3. The number of hydrogen-bond acceptors (Lipinski definition) is 3. The molecular formula is C22H17Cl2N3O2. The Morgan fingerprint density at radius 1 is 1.07 bits per heavy atom. The van der Waals surface area contributed by atoms with Crippen LogP contribution in [0.25, 0.3) is 16.9 Å². The third kappa shape index (κ3) is 3.79. The fourth-order valence-corrected chi connectivity index (χ4v) is 3.56. The number of ether oxygens (including phenoxy) is 1. The average Bonchev–Trinajstić information content (AvgIpc) is 3.05. The normalized spacial score (nSPS) is 10.9. The molecule has 0 spiro atoms. The molecule has 0 unspecified atom stereocenters. The van der Waals surface area contributed by atoms with Crippen LogP contribution in [0.4, 0.5) is 5.82 Å². The Kier molecular flexibility index (Phi) is 5.18. The quantitative estimate of drug-likeness (QED) is 0.444. The molecule has 0 fully saturated rings. The maximum Gasteiger partial charge on any atom is 0.258 e. The summed E-state index contributed by atoms with van der Waals surface area (Å²) in [7, 11) is 1.62. The third-order valence-electron chi connectivity index (χ3n) is 4.55. The van der Waals surface area contributed by atoms with Gasteiger partial charge in [0.1, 0.15) is 22.9 Å². The highest BCUT2D eigenvalue weighted by Crippen LogP contribution is 2.31. The summed E-state index contributed by atoms with van der Waals surface area (Å²) < 4.78 is 7.08. The van der Waals surface area contributed by atoms with E-state index in [0.717, 1.165) is 22.5 Å². The van der Waals surface area contributed by atoms with Gasteiger partial charge in [-0.15, -0.1) is 0 Å². The van der Waals surface area contributed by atoms with E-state index in [1.54, 1.807) is 25.3 Å². The van der Waals surface area contributed by atoms with Crippen molar-refractivity contribution in [2.75, 3.05) is 12.4 Å². The van der Waals surface area contributed by atoms with E-state index in [-0.39, 0.29) is 10.9 Å². The van der Waals surface area contributed by atoms with Gasteiger partial charge in [0, 0.05) is 16.8 Å². The maximum atomic E-state index is 12.9. The molecule has 29 heavy (non-hydrogen) atoms. The van der Waals surface area contributed by atoms with Crippen LogP contribution in [0, 0.1) is 6.92 Å². The molecule has 2 heterocycles. The fraction of sp³-hybridized carbons (Fsp3) is 0.0909. The van der Waals surface area contributed by atoms with Crippen LogP contribution in [0.1, 0.15) is 15.9 Å². The van der Waals surface area contributed by atoms with Gasteiger partial charge in [0.25, 0.3) is 5.91 Å². The number of nitrogens with zero attached hydrogens (tertiary/aromatic N) is 2. The first-order chi connectivity index (χ1) is 14.0. The Morgan fingerprint density at radius 2 is 1.83 bits per heavy atom. The number of rotatable bonds is 4. The molecule has 0 saturated heterocycles. The van der Waals surface area contributed by atoms with Crippen molar-refractivity contribution in [3.63, 3.8) is 0 Å². The molecule has 0 bridgehead atoms. The van der Waals surface area contributed by atoms with Gasteiger partial charge in [-0.05, 0) is 67.1 Å². The molecule has 4 aromatic rings. The number of pyridine rings is 1. The number of aromatic nitrogens is 2. The third-order valence-corrected chi connectivity index (χ3v) is 5.10. The number of methoxy groups -OCH3 is 1. The van der Waals surface area contributed by atoms with Gasteiger partial charge in [0.05, 0.1) is 17.7 Å². The monoisotopic (exact) mass is 425 g/mol. The summed E-state index contributed by atoms with van der Waals surface area (Å²) in [5, 5.41) is 3.71. The van der Waals surface area contributed by atoms with Crippen molar-refractivity contribution >= 4 is 40.6 Å². The number of imidazole rings is 1. The molecule has 2 aromatic carbocycles. The summed E-state index contributed by atoms with van der Waals surface area (Å²) in [6.45, 7) is 1.99. The van der Waals surface area contributed by atoms with Crippen molar-refractivity contribution in [2.45, 2.75) is 6.92 Å². The molecule has 0 aliphatic heterocycles. The zero-order chi connectivity index (χ0) is 20.5. The van der Waals surface area contributed by atoms with E-state index in [1.807, 2.05) is 53.9 Å². The van der Waals surface area contributed by atoms with Gasteiger partial charge in [-0.3, -0.25) is 9.20 Å². The minimum atomic E-state index is -0.344. The number of nitrogens with one attached hydrogen (secondary N) is 1. The van der Waals surface area contributed by atoms with Crippen LogP contribution in [0.2, 0.25) is 10.0 Å². The maximum absolute atomic E-state index is 12.9. The van der Waals surface area contributed by atoms with Crippen molar-refractivity contribution in [1.29, 1.82) is 0 Å². The zero-order valence-electron chi connectivity index (χ0n) is 15.7. The van der Waals surface area contributed by atoms with Gasteiger partial charge in [0.2, 0.25) is 0 Å². The highest BCUT2D eigenvalue weighted by molar-refractivity contribution is 6.37. The van der Waals surface area contributed by atoms with Crippen LogP contribution in [0.15, 0.2) is 60.8 Å². The van der Waals surface area contributed by atoms with Crippen LogP contribution in [0.5, 0.6) is 5.75 Å². The highest BCUT2D eigenvalue weighted by atomic mass is 35.5. The summed E-state index contributed by atoms with van der Waals surface area (Å²) in [4.78, 5) is 17.7. The van der Waals surface area contributed by atoms with E-state index < -0.39 is 0 Å². The molecule has 4 rings (SSSR count). The molecular weight excluding hydrogens is 409 g/mol. The number of aryl methyl sites for hydroxylation is 1. The molecule has 0 saturated carbocycles. The number of anilines is 1. The average molecular weight is 426 g/mol. The molecule has 0 radical (unpaired) electrons. The molecule has 0 aliphatic rings. The lowest BCUT2D eigenvalue weighted by molar-refractivity contribution is 0.102. The van der Waals surface area contributed by atoms with E-state index in [1.165, 1.54) is 0 Å². The number of carbonyl (C=O) groups is 1. The second-order valence-corrected chi connectivity index (χ2v) is 7.39. The second-order valence-electron chi connectivity index (χ2n) is 6.55. The van der Waals surface area contributed by atoms with E-state index in [2.05, 4.69) is 5.32 Å². The van der Waals surface area contributed by atoms with Crippen molar-refractivity contribution in [1.82, 2.24) is 9.38 Å². The number of carbonyl (C=O) groups excluding carboxylic acids is 1. The predicted octanol–water partition coefficient (Wildman–Crippen LogP) is 5.88. The van der Waals surface area contributed by atoms with E-state index in [0.29, 0.717) is 22.1 Å². The lowest BCUT2D eigenvalue weighted by Gasteiger charge is -2.10. The zero-order valence-corrected chi connectivity index (χ0v) is 17.3. The summed E-state index contributed by atoms with van der Waals surface area (Å²) >= 11 is 12.2. The predicted molar refractivity (Wildman–Crippen MR) is 116 cm³/mol. The molecule has 5 nitrogen and oxygen atoms in total. The Bertz CT molecular complexity index is 1220. The van der Waals surface area contributed by atoms with E-state index in [4.69, 9.17) is 32.9 Å². The van der Waals surface area contributed by atoms with E-state index >= 15 is 0 Å².